The topological polar surface area (TPSA) is 95.1 Å². The fraction of sp³-hybridized carbons (Fsp3) is 0.308. The van der Waals surface area contributed by atoms with E-state index in [4.69, 9.17) is 5.11 Å². The number of benzene rings is 1. The zero-order valence-corrected chi connectivity index (χ0v) is 11.9. The summed E-state index contributed by atoms with van der Waals surface area (Å²) in [5.41, 5.74) is 2.47. The van der Waals surface area contributed by atoms with Crippen LogP contribution in [-0.2, 0) is 23.1 Å². The standard InChI is InChI=1S/C13H17N3O3S/c1-10-3-2-4-11(7-10)5-6-15-20(18,19)13-12(9-17)8-14-16-13/h2-4,7-8,15,17H,5-6,9H2,1H3,(H,14,16). The minimum absolute atomic E-state index is 0.0794. The maximum atomic E-state index is 12.0. The summed E-state index contributed by atoms with van der Waals surface area (Å²) in [5, 5.41) is 15.0. The molecule has 1 aromatic carbocycles. The van der Waals surface area contributed by atoms with Gasteiger partial charge in [-0.1, -0.05) is 29.8 Å². The fourth-order valence-electron chi connectivity index (χ4n) is 1.91. The first-order valence-corrected chi connectivity index (χ1v) is 7.69. The summed E-state index contributed by atoms with van der Waals surface area (Å²) < 4.78 is 26.6. The van der Waals surface area contributed by atoms with Crippen LogP contribution in [0, 0.1) is 6.92 Å². The molecule has 7 heteroatoms. The second-order valence-electron chi connectivity index (χ2n) is 4.52. The Labute approximate surface area is 117 Å². The van der Waals surface area contributed by atoms with E-state index in [1.807, 2.05) is 31.2 Å². The van der Waals surface area contributed by atoms with Crippen molar-refractivity contribution in [3.63, 3.8) is 0 Å². The number of sulfonamides is 1. The van der Waals surface area contributed by atoms with Gasteiger partial charge < -0.3 is 5.11 Å². The summed E-state index contributed by atoms with van der Waals surface area (Å²) in [6.45, 7) is 1.91. The first-order valence-electron chi connectivity index (χ1n) is 6.21. The smallest absolute Gasteiger partial charge is 0.257 e. The number of hydrogen-bond donors (Lipinski definition) is 3. The van der Waals surface area contributed by atoms with Gasteiger partial charge >= 0.3 is 0 Å². The molecule has 6 nitrogen and oxygen atoms in total. The normalized spacial score (nSPS) is 11.7. The van der Waals surface area contributed by atoms with Crippen LogP contribution in [0.1, 0.15) is 16.7 Å². The van der Waals surface area contributed by atoms with Crippen LogP contribution in [0.25, 0.3) is 0 Å². The molecule has 20 heavy (non-hydrogen) atoms. The maximum Gasteiger partial charge on any atom is 0.257 e. The van der Waals surface area contributed by atoms with E-state index in [1.54, 1.807) is 0 Å². The lowest BCUT2D eigenvalue weighted by molar-refractivity contribution is 0.278. The molecule has 2 rings (SSSR count). The van der Waals surface area contributed by atoms with Crippen molar-refractivity contribution in [2.24, 2.45) is 0 Å². The summed E-state index contributed by atoms with van der Waals surface area (Å²) in [6, 6.07) is 7.91. The lowest BCUT2D eigenvalue weighted by Gasteiger charge is -2.07. The van der Waals surface area contributed by atoms with Gasteiger partial charge in [-0.15, -0.1) is 0 Å². The number of nitrogens with one attached hydrogen (secondary N) is 2. The highest BCUT2D eigenvalue weighted by molar-refractivity contribution is 7.89. The summed E-state index contributed by atoms with van der Waals surface area (Å²) in [7, 11) is -3.67. The van der Waals surface area contributed by atoms with E-state index >= 15 is 0 Å². The maximum absolute atomic E-state index is 12.0. The summed E-state index contributed by atoms with van der Waals surface area (Å²) in [6.07, 6.45) is 1.90. The van der Waals surface area contributed by atoms with E-state index in [0.717, 1.165) is 11.1 Å². The van der Waals surface area contributed by atoms with Crippen LogP contribution in [-0.4, -0.2) is 30.3 Å². The van der Waals surface area contributed by atoms with Crippen molar-refractivity contribution in [1.82, 2.24) is 14.9 Å². The largest absolute Gasteiger partial charge is 0.392 e. The van der Waals surface area contributed by atoms with E-state index in [0.29, 0.717) is 6.42 Å². The van der Waals surface area contributed by atoms with Crippen LogP contribution in [0.4, 0.5) is 0 Å². The molecule has 1 aromatic heterocycles. The number of aryl methyl sites for hydroxylation is 1. The van der Waals surface area contributed by atoms with Crippen LogP contribution in [0.2, 0.25) is 0 Å². The van der Waals surface area contributed by atoms with E-state index < -0.39 is 10.0 Å². The molecule has 0 aliphatic rings. The first-order chi connectivity index (χ1) is 9.53. The van der Waals surface area contributed by atoms with E-state index in [2.05, 4.69) is 14.9 Å². The van der Waals surface area contributed by atoms with Crippen molar-refractivity contribution < 1.29 is 13.5 Å². The average molecular weight is 295 g/mol. The summed E-state index contributed by atoms with van der Waals surface area (Å²) in [5.74, 6) is 0. The first kappa shape index (κ1) is 14.7. The van der Waals surface area contributed by atoms with Gasteiger partial charge in [0.05, 0.1) is 12.8 Å². The highest BCUT2D eigenvalue weighted by atomic mass is 32.2. The fourth-order valence-corrected chi connectivity index (χ4v) is 3.06. The Morgan fingerprint density at radius 1 is 1.40 bits per heavy atom. The highest BCUT2D eigenvalue weighted by Gasteiger charge is 2.19. The molecule has 3 N–H and O–H groups in total. The molecule has 0 saturated heterocycles. The predicted molar refractivity (Wildman–Crippen MR) is 74.6 cm³/mol. The molecule has 108 valence electrons. The molecule has 2 aromatic rings. The SMILES string of the molecule is Cc1cccc(CCNS(=O)(=O)c2[nH]ncc2CO)c1. The predicted octanol–water partition coefficient (Wildman–Crippen LogP) is 0.731. The van der Waals surface area contributed by atoms with Crippen LogP contribution < -0.4 is 4.72 Å². The van der Waals surface area contributed by atoms with E-state index in [9.17, 15) is 8.42 Å². The molecule has 0 unspecified atom stereocenters. The summed E-state index contributed by atoms with van der Waals surface area (Å²) >= 11 is 0. The molecule has 0 aliphatic heterocycles. The Hall–Kier alpha value is -1.70. The number of rotatable bonds is 6. The van der Waals surface area contributed by atoms with Gasteiger partial charge in [0, 0.05) is 12.1 Å². The van der Waals surface area contributed by atoms with Gasteiger partial charge in [-0.25, -0.2) is 13.1 Å². The Balaban J connectivity index is 2.00. The molecule has 0 fully saturated rings. The van der Waals surface area contributed by atoms with Gasteiger partial charge in [-0.2, -0.15) is 5.10 Å². The van der Waals surface area contributed by atoms with Crippen molar-refractivity contribution in [3.05, 3.63) is 47.2 Å². The number of aromatic nitrogens is 2. The molecule has 0 radical (unpaired) electrons. The van der Waals surface area contributed by atoms with Gasteiger partial charge in [0.1, 0.15) is 0 Å². The number of nitrogens with zero attached hydrogens (tertiary/aromatic N) is 1. The molecule has 0 amide bonds. The Morgan fingerprint density at radius 3 is 2.90 bits per heavy atom. The highest BCUT2D eigenvalue weighted by Crippen LogP contribution is 2.11. The second kappa shape index (κ2) is 6.17. The molecule has 0 atom stereocenters. The quantitative estimate of drug-likeness (QED) is 0.732. The molecular weight excluding hydrogens is 278 g/mol. The number of H-pyrrole nitrogens is 1. The van der Waals surface area contributed by atoms with Crippen molar-refractivity contribution in [1.29, 1.82) is 0 Å². The average Bonchev–Trinajstić information content (AvgIpc) is 2.87. The van der Waals surface area contributed by atoms with Gasteiger partial charge in [-0.05, 0) is 18.9 Å². The lowest BCUT2D eigenvalue weighted by atomic mass is 10.1. The lowest BCUT2D eigenvalue weighted by Crippen LogP contribution is -2.27. The van der Waals surface area contributed by atoms with Crippen molar-refractivity contribution in [3.8, 4) is 0 Å². The third-order valence-electron chi connectivity index (χ3n) is 2.91. The molecule has 1 heterocycles. The number of aliphatic hydroxyl groups excluding tert-OH is 1. The van der Waals surface area contributed by atoms with E-state index in [1.165, 1.54) is 6.20 Å². The Morgan fingerprint density at radius 2 is 2.20 bits per heavy atom. The second-order valence-corrected chi connectivity index (χ2v) is 6.22. The number of hydrogen-bond acceptors (Lipinski definition) is 4. The molecule has 0 bridgehead atoms. The van der Waals surface area contributed by atoms with Crippen molar-refractivity contribution in [2.45, 2.75) is 25.0 Å². The third-order valence-corrected chi connectivity index (χ3v) is 4.38. The van der Waals surface area contributed by atoms with Crippen LogP contribution in [0.15, 0.2) is 35.5 Å². The Bertz CT molecular complexity index is 680. The molecule has 0 spiro atoms. The number of aromatic amines is 1. The van der Waals surface area contributed by atoms with Crippen LogP contribution in [0.3, 0.4) is 0 Å². The molecule has 0 saturated carbocycles. The third kappa shape index (κ3) is 3.44. The van der Waals surface area contributed by atoms with Gasteiger partial charge in [0.25, 0.3) is 10.0 Å². The monoisotopic (exact) mass is 295 g/mol. The van der Waals surface area contributed by atoms with E-state index in [-0.39, 0.29) is 23.7 Å². The number of aliphatic hydroxyl groups is 1. The van der Waals surface area contributed by atoms with Gasteiger partial charge in [0.2, 0.25) is 0 Å². The van der Waals surface area contributed by atoms with Crippen molar-refractivity contribution in [2.75, 3.05) is 6.54 Å². The minimum Gasteiger partial charge on any atom is -0.392 e. The zero-order valence-electron chi connectivity index (χ0n) is 11.1. The van der Waals surface area contributed by atoms with Crippen LogP contribution in [0.5, 0.6) is 0 Å². The molecule has 0 aliphatic carbocycles. The van der Waals surface area contributed by atoms with Gasteiger partial charge in [0.15, 0.2) is 5.03 Å². The minimum atomic E-state index is -3.67. The summed E-state index contributed by atoms with van der Waals surface area (Å²) in [4.78, 5) is 0. The molecular formula is C13H17N3O3S. The van der Waals surface area contributed by atoms with Crippen molar-refractivity contribution >= 4 is 10.0 Å². The zero-order chi connectivity index (χ0) is 14.6. The van der Waals surface area contributed by atoms with Crippen LogP contribution >= 0.6 is 0 Å². The Kier molecular flexibility index (Phi) is 4.53. The van der Waals surface area contributed by atoms with Gasteiger partial charge in [-0.3, -0.25) is 5.10 Å².